The van der Waals surface area contributed by atoms with Crippen LogP contribution in [0.1, 0.15) is 17.3 Å². The van der Waals surface area contributed by atoms with E-state index >= 15 is 0 Å². The Balaban J connectivity index is 2.52. The Kier molecular flexibility index (Phi) is 5.60. The fourth-order valence-corrected chi connectivity index (χ4v) is 1.27. The van der Waals surface area contributed by atoms with E-state index in [1.54, 1.807) is 31.2 Å². The van der Waals surface area contributed by atoms with Crippen LogP contribution in [0.5, 0.6) is 5.75 Å². The molecule has 0 fully saturated rings. The van der Waals surface area contributed by atoms with Crippen LogP contribution in [0.4, 0.5) is 0 Å². The molecule has 0 aliphatic heterocycles. The third-order valence-corrected chi connectivity index (χ3v) is 2.25. The van der Waals surface area contributed by atoms with Gasteiger partial charge in [-0.25, -0.2) is 9.59 Å². The van der Waals surface area contributed by atoms with Crippen molar-refractivity contribution in [3.8, 4) is 5.75 Å². The molecule has 102 valence electrons. The number of esters is 2. The van der Waals surface area contributed by atoms with Crippen LogP contribution >= 0.6 is 0 Å². The molecule has 0 saturated heterocycles. The van der Waals surface area contributed by atoms with Crippen molar-refractivity contribution in [3.05, 3.63) is 42.0 Å². The van der Waals surface area contributed by atoms with Crippen molar-refractivity contribution in [2.24, 2.45) is 0 Å². The van der Waals surface area contributed by atoms with Crippen molar-refractivity contribution in [2.45, 2.75) is 6.92 Å². The monoisotopic (exact) mass is 264 g/mol. The summed E-state index contributed by atoms with van der Waals surface area (Å²) in [7, 11) is 1.32. The zero-order valence-electron chi connectivity index (χ0n) is 11.0. The summed E-state index contributed by atoms with van der Waals surface area (Å²) in [6.45, 7) is 5.63. The molecule has 0 amide bonds. The van der Waals surface area contributed by atoms with Crippen LogP contribution in [-0.2, 0) is 14.3 Å². The van der Waals surface area contributed by atoms with Crippen molar-refractivity contribution in [2.75, 3.05) is 20.3 Å². The van der Waals surface area contributed by atoms with Gasteiger partial charge in [-0.3, -0.25) is 0 Å². The Labute approximate surface area is 111 Å². The molecule has 0 unspecified atom stereocenters. The number of carbonyl (C=O) groups excluding carboxylic acids is 2. The molecule has 0 radical (unpaired) electrons. The maximum Gasteiger partial charge on any atom is 0.337 e. The number of methoxy groups -OCH3 is 1. The van der Waals surface area contributed by atoms with Crippen molar-refractivity contribution >= 4 is 11.9 Å². The molecule has 5 heteroatoms. The van der Waals surface area contributed by atoms with Crippen LogP contribution in [0.3, 0.4) is 0 Å². The van der Waals surface area contributed by atoms with Gasteiger partial charge in [0.15, 0.2) is 0 Å². The van der Waals surface area contributed by atoms with Crippen LogP contribution in [0, 0.1) is 0 Å². The molecule has 0 saturated carbocycles. The zero-order chi connectivity index (χ0) is 14.3. The van der Waals surface area contributed by atoms with Gasteiger partial charge in [0.05, 0.1) is 24.9 Å². The number of hydrogen-bond acceptors (Lipinski definition) is 5. The van der Waals surface area contributed by atoms with E-state index in [1.807, 2.05) is 0 Å². The Morgan fingerprint density at radius 3 is 2.37 bits per heavy atom. The summed E-state index contributed by atoms with van der Waals surface area (Å²) >= 11 is 0. The van der Waals surface area contributed by atoms with Gasteiger partial charge in [0.1, 0.15) is 12.4 Å². The van der Waals surface area contributed by atoms with Crippen molar-refractivity contribution in [3.63, 3.8) is 0 Å². The predicted molar refractivity (Wildman–Crippen MR) is 69.0 cm³/mol. The predicted octanol–water partition coefficient (Wildman–Crippen LogP) is 1.97. The number of rotatable bonds is 6. The molecule has 0 bridgehead atoms. The van der Waals surface area contributed by atoms with E-state index in [0.29, 0.717) is 17.9 Å². The Hall–Kier alpha value is -2.30. The normalized spacial score (nSPS) is 9.58. The Morgan fingerprint density at radius 1 is 1.21 bits per heavy atom. The van der Waals surface area contributed by atoms with Gasteiger partial charge < -0.3 is 14.2 Å². The number of benzene rings is 1. The van der Waals surface area contributed by atoms with E-state index < -0.39 is 11.9 Å². The van der Waals surface area contributed by atoms with E-state index in [1.165, 1.54) is 7.11 Å². The largest absolute Gasteiger partial charge is 0.489 e. The van der Waals surface area contributed by atoms with Crippen LogP contribution in [-0.4, -0.2) is 32.3 Å². The van der Waals surface area contributed by atoms with Gasteiger partial charge in [0, 0.05) is 0 Å². The molecule has 1 aromatic rings. The maximum absolute atomic E-state index is 11.3. The summed E-state index contributed by atoms with van der Waals surface area (Å²) in [4.78, 5) is 22.5. The van der Waals surface area contributed by atoms with Crippen molar-refractivity contribution in [1.82, 2.24) is 0 Å². The molecule has 1 rings (SSSR count). The van der Waals surface area contributed by atoms with Crippen molar-refractivity contribution in [1.29, 1.82) is 0 Å². The summed E-state index contributed by atoms with van der Waals surface area (Å²) in [5, 5.41) is 0. The number of carbonyl (C=O) groups is 2. The molecule has 0 N–H and O–H groups in total. The first kappa shape index (κ1) is 14.8. The minimum absolute atomic E-state index is 0.0381. The molecule has 19 heavy (non-hydrogen) atoms. The Bertz CT molecular complexity index is 461. The second kappa shape index (κ2) is 7.20. The lowest BCUT2D eigenvalue weighted by Gasteiger charge is -2.08. The molecule has 0 heterocycles. The van der Waals surface area contributed by atoms with Gasteiger partial charge in [-0.15, -0.1) is 0 Å². The van der Waals surface area contributed by atoms with Gasteiger partial charge in [0.2, 0.25) is 0 Å². The first-order chi connectivity index (χ1) is 9.08. The molecule has 0 atom stereocenters. The molecule has 0 aliphatic carbocycles. The van der Waals surface area contributed by atoms with Gasteiger partial charge in [-0.05, 0) is 31.2 Å². The SMILES string of the molecule is C=C(COc1ccc(C(=O)OC)cc1)C(=O)OCC. The van der Waals surface area contributed by atoms with E-state index in [0.717, 1.165) is 0 Å². The highest BCUT2D eigenvalue weighted by Crippen LogP contribution is 2.13. The third kappa shape index (κ3) is 4.46. The lowest BCUT2D eigenvalue weighted by atomic mass is 10.2. The first-order valence-electron chi connectivity index (χ1n) is 5.74. The fraction of sp³-hybridized carbons (Fsp3) is 0.286. The van der Waals surface area contributed by atoms with E-state index in [9.17, 15) is 9.59 Å². The zero-order valence-corrected chi connectivity index (χ0v) is 11.0. The Morgan fingerprint density at radius 2 is 1.84 bits per heavy atom. The molecular formula is C14H16O5. The standard InChI is InChI=1S/C14H16O5/c1-4-18-13(15)10(2)9-19-12-7-5-11(6-8-12)14(16)17-3/h5-8H,2,4,9H2,1,3H3. The quantitative estimate of drug-likeness (QED) is 0.580. The summed E-state index contributed by atoms with van der Waals surface area (Å²) in [6.07, 6.45) is 0. The summed E-state index contributed by atoms with van der Waals surface area (Å²) < 4.78 is 14.7. The summed E-state index contributed by atoms with van der Waals surface area (Å²) in [5.41, 5.74) is 0.665. The minimum Gasteiger partial charge on any atom is -0.489 e. The second-order valence-electron chi connectivity index (χ2n) is 3.63. The lowest BCUT2D eigenvalue weighted by Crippen LogP contribution is -2.13. The van der Waals surface area contributed by atoms with Gasteiger partial charge >= 0.3 is 11.9 Å². The number of hydrogen-bond donors (Lipinski definition) is 0. The fourth-order valence-electron chi connectivity index (χ4n) is 1.27. The first-order valence-corrected chi connectivity index (χ1v) is 5.74. The number of ether oxygens (including phenoxy) is 3. The van der Waals surface area contributed by atoms with Gasteiger partial charge in [-0.1, -0.05) is 6.58 Å². The summed E-state index contributed by atoms with van der Waals surface area (Å²) in [6, 6.07) is 6.39. The highest BCUT2D eigenvalue weighted by Gasteiger charge is 2.09. The van der Waals surface area contributed by atoms with E-state index in [2.05, 4.69) is 11.3 Å². The average molecular weight is 264 g/mol. The van der Waals surface area contributed by atoms with Crippen LogP contribution in [0.2, 0.25) is 0 Å². The highest BCUT2D eigenvalue weighted by atomic mass is 16.5. The highest BCUT2D eigenvalue weighted by molar-refractivity contribution is 5.89. The van der Waals surface area contributed by atoms with Crippen LogP contribution in [0.15, 0.2) is 36.4 Å². The van der Waals surface area contributed by atoms with E-state index in [4.69, 9.17) is 9.47 Å². The molecular weight excluding hydrogens is 248 g/mol. The van der Waals surface area contributed by atoms with Crippen LogP contribution < -0.4 is 4.74 Å². The van der Waals surface area contributed by atoms with E-state index in [-0.39, 0.29) is 12.2 Å². The molecule has 0 aromatic heterocycles. The lowest BCUT2D eigenvalue weighted by molar-refractivity contribution is -0.138. The second-order valence-corrected chi connectivity index (χ2v) is 3.63. The average Bonchev–Trinajstić information content (AvgIpc) is 2.44. The smallest absolute Gasteiger partial charge is 0.337 e. The third-order valence-electron chi connectivity index (χ3n) is 2.25. The molecule has 5 nitrogen and oxygen atoms in total. The molecule has 0 aliphatic rings. The molecule has 0 spiro atoms. The topological polar surface area (TPSA) is 61.8 Å². The van der Waals surface area contributed by atoms with Gasteiger partial charge in [0.25, 0.3) is 0 Å². The summed E-state index contributed by atoms with van der Waals surface area (Å²) in [5.74, 6) is -0.366. The van der Waals surface area contributed by atoms with Crippen LogP contribution in [0.25, 0.3) is 0 Å². The maximum atomic E-state index is 11.3. The molecule has 1 aromatic carbocycles. The minimum atomic E-state index is -0.478. The van der Waals surface area contributed by atoms with Gasteiger partial charge in [-0.2, -0.15) is 0 Å². The van der Waals surface area contributed by atoms with Crippen molar-refractivity contribution < 1.29 is 23.8 Å².